The van der Waals surface area contributed by atoms with Crippen LogP contribution in [0.3, 0.4) is 0 Å². The maximum Gasteiger partial charge on any atom is 0.244 e. The van der Waals surface area contributed by atoms with Crippen LogP contribution in [0, 0.1) is 5.21 Å². The van der Waals surface area contributed by atoms with E-state index in [0.29, 0.717) is 17.1 Å². The summed E-state index contributed by atoms with van der Waals surface area (Å²) in [7, 11) is 0. The number of azo groups is 1. The molecule has 0 saturated heterocycles. The predicted octanol–water partition coefficient (Wildman–Crippen LogP) is 5.15. The number of benzene rings is 3. The van der Waals surface area contributed by atoms with Gasteiger partial charge >= 0.3 is 0 Å². The highest BCUT2D eigenvalue weighted by atomic mass is 16.5. The first kappa shape index (κ1) is 14.0. The van der Waals surface area contributed by atoms with Crippen molar-refractivity contribution in [2.24, 2.45) is 5.11 Å². The van der Waals surface area contributed by atoms with Gasteiger partial charge < -0.3 is 5.21 Å². The molecule has 0 heterocycles. The third kappa shape index (κ3) is 3.38. The van der Waals surface area contributed by atoms with Crippen LogP contribution in [0.2, 0.25) is 0 Å². The molecule has 3 rings (SSSR count). The lowest BCUT2D eigenvalue weighted by Crippen LogP contribution is -1.93. The lowest BCUT2D eigenvalue weighted by Gasteiger charge is -2.03. The van der Waals surface area contributed by atoms with E-state index >= 15 is 0 Å². The summed E-state index contributed by atoms with van der Waals surface area (Å²) in [5.41, 5.74) is 3.90. The molecule has 3 aromatic carbocycles. The summed E-state index contributed by atoms with van der Waals surface area (Å²) in [6, 6.07) is 27.3. The van der Waals surface area contributed by atoms with Crippen LogP contribution in [0.25, 0.3) is 11.1 Å². The van der Waals surface area contributed by atoms with Crippen LogP contribution >= 0.6 is 0 Å². The molecule has 22 heavy (non-hydrogen) atoms. The van der Waals surface area contributed by atoms with Crippen molar-refractivity contribution < 1.29 is 4.86 Å². The first-order valence-corrected chi connectivity index (χ1v) is 7.17. The molecule has 0 amide bonds. The Balaban J connectivity index is 1.72. The van der Waals surface area contributed by atoms with E-state index in [1.165, 1.54) is 5.56 Å². The van der Waals surface area contributed by atoms with Crippen molar-refractivity contribution in [2.45, 2.75) is 6.54 Å². The fourth-order valence-electron chi connectivity index (χ4n) is 2.22. The first-order chi connectivity index (χ1) is 10.8. The smallest absolute Gasteiger partial charge is 0.244 e. The van der Waals surface area contributed by atoms with E-state index in [1.54, 1.807) is 12.1 Å². The van der Waals surface area contributed by atoms with Gasteiger partial charge in [0.1, 0.15) is 6.54 Å². The van der Waals surface area contributed by atoms with Crippen LogP contribution in [0.15, 0.2) is 90.0 Å². The highest BCUT2D eigenvalue weighted by molar-refractivity contribution is 5.63. The van der Waals surface area contributed by atoms with Crippen molar-refractivity contribution in [3.05, 3.63) is 95.7 Å². The normalized spacial score (nSPS) is 11.4. The van der Waals surface area contributed by atoms with E-state index in [-0.39, 0.29) is 0 Å². The minimum Gasteiger partial charge on any atom is -0.594 e. The first-order valence-electron chi connectivity index (χ1n) is 7.17. The lowest BCUT2D eigenvalue weighted by atomic mass is 10.0. The van der Waals surface area contributed by atoms with E-state index in [0.717, 1.165) is 11.1 Å². The molecule has 0 radical (unpaired) electrons. The zero-order valence-corrected chi connectivity index (χ0v) is 12.1. The minimum atomic E-state index is 0.369. The Morgan fingerprint density at radius 1 is 0.682 bits per heavy atom. The van der Waals surface area contributed by atoms with Crippen LogP contribution in [-0.4, -0.2) is 4.86 Å². The number of rotatable bonds is 4. The van der Waals surface area contributed by atoms with Gasteiger partial charge in [0, 0.05) is 12.1 Å². The Kier molecular flexibility index (Phi) is 4.25. The number of nitrogens with zero attached hydrogens (tertiary/aromatic N) is 2. The Bertz CT molecular complexity index is 750. The van der Waals surface area contributed by atoms with Gasteiger partial charge in [0.25, 0.3) is 0 Å². The molecule has 3 nitrogen and oxygen atoms in total. The molecule has 3 heteroatoms. The Hall–Kier alpha value is -2.94. The fraction of sp³-hybridized carbons (Fsp3) is 0.0526. The van der Waals surface area contributed by atoms with Crippen molar-refractivity contribution in [3.8, 4) is 11.1 Å². The van der Waals surface area contributed by atoms with Gasteiger partial charge in [-0.3, -0.25) is 0 Å². The highest BCUT2D eigenvalue weighted by Crippen LogP contribution is 2.19. The van der Waals surface area contributed by atoms with Gasteiger partial charge in [0.05, 0.1) is 0 Å². The summed E-state index contributed by atoms with van der Waals surface area (Å²) in [4.78, 5) is 0.672. The number of para-hydroxylation sites is 1. The van der Waals surface area contributed by atoms with Gasteiger partial charge in [-0.15, -0.1) is 0 Å². The van der Waals surface area contributed by atoms with Crippen molar-refractivity contribution in [1.82, 2.24) is 0 Å². The largest absolute Gasteiger partial charge is 0.594 e. The van der Waals surface area contributed by atoms with Crippen molar-refractivity contribution in [3.63, 3.8) is 0 Å². The van der Waals surface area contributed by atoms with Crippen molar-refractivity contribution in [2.75, 3.05) is 0 Å². The summed E-state index contributed by atoms with van der Waals surface area (Å²) >= 11 is 0. The second kappa shape index (κ2) is 6.68. The van der Waals surface area contributed by atoms with E-state index in [2.05, 4.69) is 29.4 Å². The standard InChI is InChI=1S/C19H16N2O/c22-21(19-9-5-2-6-10-19)20-15-16-11-13-18(14-12-16)17-7-3-1-4-8-17/h1-14H,15H2. The topological polar surface area (TPSA) is 38.4 Å². The summed E-state index contributed by atoms with van der Waals surface area (Å²) < 4.78 is 0. The Labute approximate surface area is 129 Å². The summed E-state index contributed by atoms with van der Waals surface area (Å²) in [6.07, 6.45) is 0. The van der Waals surface area contributed by atoms with E-state index in [9.17, 15) is 5.21 Å². The second-order valence-corrected chi connectivity index (χ2v) is 4.97. The van der Waals surface area contributed by atoms with E-state index in [1.807, 2.05) is 48.5 Å². The quantitative estimate of drug-likeness (QED) is 0.372. The van der Waals surface area contributed by atoms with Gasteiger partial charge in [-0.25, -0.2) is 0 Å². The van der Waals surface area contributed by atoms with E-state index < -0.39 is 0 Å². The van der Waals surface area contributed by atoms with Gasteiger partial charge in [-0.05, 0) is 21.8 Å². The maximum absolute atomic E-state index is 11.9. The Morgan fingerprint density at radius 2 is 1.23 bits per heavy atom. The summed E-state index contributed by atoms with van der Waals surface area (Å²) in [5, 5.41) is 15.9. The van der Waals surface area contributed by atoms with Crippen LogP contribution < -0.4 is 0 Å². The average molecular weight is 288 g/mol. The fourth-order valence-corrected chi connectivity index (χ4v) is 2.22. The van der Waals surface area contributed by atoms with Gasteiger partial charge in [-0.1, -0.05) is 77.7 Å². The molecule has 0 aliphatic rings. The van der Waals surface area contributed by atoms with Gasteiger partial charge in [-0.2, -0.15) is 0 Å². The molecule has 0 aromatic heterocycles. The highest BCUT2D eigenvalue weighted by Gasteiger charge is 2.02. The molecular formula is C19H16N2O. The molecular weight excluding hydrogens is 272 g/mol. The number of hydrogen-bond acceptors (Lipinski definition) is 2. The molecule has 0 unspecified atom stereocenters. The van der Waals surface area contributed by atoms with Crippen molar-refractivity contribution >= 4 is 5.69 Å². The third-order valence-electron chi connectivity index (χ3n) is 3.42. The molecule has 3 aromatic rings. The van der Waals surface area contributed by atoms with E-state index in [4.69, 9.17) is 0 Å². The second-order valence-electron chi connectivity index (χ2n) is 4.97. The molecule has 0 fully saturated rings. The Morgan fingerprint density at radius 3 is 1.86 bits per heavy atom. The molecule has 0 spiro atoms. The molecule has 0 atom stereocenters. The molecule has 0 N–H and O–H groups in total. The molecule has 0 aliphatic heterocycles. The lowest BCUT2D eigenvalue weighted by molar-refractivity contribution is -0.443. The zero-order chi connectivity index (χ0) is 15.2. The van der Waals surface area contributed by atoms with Crippen LogP contribution in [0.1, 0.15) is 5.56 Å². The number of hydrogen-bond donors (Lipinski definition) is 0. The van der Waals surface area contributed by atoms with Crippen molar-refractivity contribution in [1.29, 1.82) is 0 Å². The molecule has 0 saturated carbocycles. The maximum atomic E-state index is 11.9. The monoisotopic (exact) mass is 288 g/mol. The summed E-state index contributed by atoms with van der Waals surface area (Å²) in [5.74, 6) is 0. The molecule has 108 valence electrons. The van der Waals surface area contributed by atoms with Crippen LogP contribution in [0.5, 0.6) is 0 Å². The van der Waals surface area contributed by atoms with Crippen LogP contribution in [-0.2, 0) is 6.54 Å². The third-order valence-corrected chi connectivity index (χ3v) is 3.42. The SMILES string of the molecule is [O-][N+](=NCc1ccc(-c2ccccc2)cc1)c1ccccc1. The van der Waals surface area contributed by atoms with Crippen LogP contribution in [0.4, 0.5) is 5.69 Å². The summed E-state index contributed by atoms with van der Waals surface area (Å²) in [6.45, 7) is 0.369. The van der Waals surface area contributed by atoms with Gasteiger partial charge in [0.2, 0.25) is 5.69 Å². The average Bonchev–Trinajstić information content (AvgIpc) is 2.61. The minimum absolute atomic E-state index is 0.369. The molecule has 0 bridgehead atoms. The zero-order valence-electron chi connectivity index (χ0n) is 12.1. The molecule has 0 aliphatic carbocycles. The predicted molar refractivity (Wildman–Crippen MR) is 87.7 cm³/mol. The van der Waals surface area contributed by atoms with Gasteiger partial charge in [0.15, 0.2) is 0 Å².